The van der Waals surface area contributed by atoms with Gasteiger partial charge in [0.05, 0.1) is 5.71 Å². The Bertz CT molecular complexity index is 1070. The molecular formula is C32H45FN2O2. The van der Waals surface area contributed by atoms with Crippen LogP contribution in [0.25, 0.3) is 0 Å². The first-order valence-corrected chi connectivity index (χ1v) is 12.9. The Hall–Kier alpha value is -3.21. The Morgan fingerprint density at radius 1 is 1.27 bits per heavy atom. The highest BCUT2D eigenvalue weighted by atomic mass is 19.1. The average Bonchev–Trinajstić information content (AvgIpc) is 2.82. The Morgan fingerprint density at radius 3 is 2.43 bits per heavy atom. The van der Waals surface area contributed by atoms with E-state index in [1.54, 1.807) is 13.1 Å². The molecule has 1 rings (SSSR count). The maximum atomic E-state index is 14.1. The summed E-state index contributed by atoms with van der Waals surface area (Å²) >= 11 is 0. The average molecular weight is 509 g/mol. The number of allylic oxidation sites excluding steroid dienone is 13. The third-order valence-electron chi connectivity index (χ3n) is 6.07. The largest absolute Gasteiger partial charge is 0.444 e. The van der Waals surface area contributed by atoms with Gasteiger partial charge in [-0.15, -0.1) is 0 Å². The lowest BCUT2D eigenvalue weighted by atomic mass is 9.84. The normalized spacial score (nSPS) is 18.0. The monoisotopic (exact) mass is 508 g/mol. The minimum atomic E-state index is -0.533. The number of carbonyl (C=O) groups is 1. The molecule has 37 heavy (non-hydrogen) atoms. The second-order valence-corrected chi connectivity index (χ2v) is 10.3. The third-order valence-corrected chi connectivity index (χ3v) is 6.07. The first-order chi connectivity index (χ1) is 17.3. The lowest BCUT2D eigenvalue weighted by Crippen LogP contribution is -2.42. The second-order valence-electron chi connectivity index (χ2n) is 10.3. The van der Waals surface area contributed by atoms with Crippen LogP contribution in [-0.2, 0) is 4.74 Å². The maximum Gasteiger partial charge on any atom is 0.410 e. The van der Waals surface area contributed by atoms with Crippen LogP contribution in [0.4, 0.5) is 9.18 Å². The van der Waals surface area contributed by atoms with Crippen LogP contribution >= 0.6 is 0 Å². The summed E-state index contributed by atoms with van der Waals surface area (Å²) in [5, 5.41) is 0. The van der Waals surface area contributed by atoms with Gasteiger partial charge in [-0.1, -0.05) is 50.5 Å². The predicted molar refractivity (Wildman–Crippen MR) is 157 cm³/mol. The molecule has 1 aliphatic rings. The number of nitrogens with zero attached hydrogens (tertiary/aromatic N) is 2. The summed E-state index contributed by atoms with van der Waals surface area (Å²) in [5.41, 5.74) is 5.87. The molecule has 1 aliphatic carbocycles. The third kappa shape index (κ3) is 9.64. The van der Waals surface area contributed by atoms with E-state index in [2.05, 4.69) is 45.5 Å². The van der Waals surface area contributed by atoms with Crippen LogP contribution in [0.5, 0.6) is 0 Å². The van der Waals surface area contributed by atoms with Crippen molar-refractivity contribution < 1.29 is 13.9 Å². The van der Waals surface area contributed by atoms with Crippen molar-refractivity contribution in [2.75, 3.05) is 13.6 Å². The molecule has 0 unspecified atom stereocenters. The van der Waals surface area contributed by atoms with Gasteiger partial charge < -0.3 is 9.64 Å². The molecule has 0 saturated heterocycles. The second kappa shape index (κ2) is 14.5. The first kappa shape index (κ1) is 31.8. The molecule has 4 nitrogen and oxygen atoms in total. The van der Waals surface area contributed by atoms with E-state index in [0.29, 0.717) is 12.1 Å². The smallest absolute Gasteiger partial charge is 0.410 e. The van der Waals surface area contributed by atoms with Crippen LogP contribution in [0.2, 0.25) is 0 Å². The van der Waals surface area contributed by atoms with Gasteiger partial charge in [0.2, 0.25) is 0 Å². The standard InChI is InChI=1S/C32H45FN2O2/c1-12-15-28(33)20-26(14-3)27-19-23(5)30(29(21-27)34-11)25(7)22(4)16-17-24(6)35(18-13-2)31(36)37-32(8,9)10/h12,14-15,19-21,24H,1,3-4,13,16-18H2,2,5-11H3/b26-20+,28-15+,30-25+,34-29?/t24-/m1/s1. The summed E-state index contributed by atoms with van der Waals surface area (Å²) < 4.78 is 19.7. The minimum absolute atomic E-state index is 0.0111. The van der Waals surface area contributed by atoms with Crippen LogP contribution in [0.3, 0.4) is 0 Å². The fourth-order valence-electron chi connectivity index (χ4n) is 4.13. The molecule has 0 aliphatic heterocycles. The molecule has 0 aromatic rings. The molecule has 0 heterocycles. The molecule has 0 N–H and O–H groups in total. The van der Waals surface area contributed by atoms with Gasteiger partial charge in [0.15, 0.2) is 0 Å². The number of rotatable bonds is 11. The highest BCUT2D eigenvalue weighted by Gasteiger charge is 2.26. The fourth-order valence-corrected chi connectivity index (χ4v) is 4.13. The fraction of sp³-hybridized carbons (Fsp3) is 0.438. The highest BCUT2D eigenvalue weighted by molar-refractivity contribution is 6.14. The van der Waals surface area contributed by atoms with E-state index in [1.165, 1.54) is 18.2 Å². The number of ether oxygens (including phenoxy) is 1. The van der Waals surface area contributed by atoms with E-state index in [1.807, 2.05) is 44.7 Å². The van der Waals surface area contributed by atoms with Crippen molar-refractivity contribution >= 4 is 11.8 Å². The Balaban J connectivity index is 3.16. The van der Waals surface area contributed by atoms with Gasteiger partial charge in [-0.2, -0.15) is 0 Å². The van der Waals surface area contributed by atoms with E-state index in [9.17, 15) is 9.18 Å². The number of halogens is 1. The number of hydrogen-bond acceptors (Lipinski definition) is 3. The summed E-state index contributed by atoms with van der Waals surface area (Å²) in [4.78, 5) is 19.1. The summed E-state index contributed by atoms with van der Waals surface area (Å²) in [6.45, 7) is 26.2. The lowest BCUT2D eigenvalue weighted by Gasteiger charge is -2.32. The number of hydrogen-bond donors (Lipinski definition) is 0. The van der Waals surface area contributed by atoms with Crippen molar-refractivity contribution in [3.63, 3.8) is 0 Å². The van der Waals surface area contributed by atoms with E-state index >= 15 is 0 Å². The van der Waals surface area contributed by atoms with Crippen molar-refractivity contribution in [1.82, 2.24) is 4.90 Å². The number of carbonyl (C=O) groups excluding carboxylic acids is 1. The molecule has 1 atom stereocenters. The zero-order chi connectivity index (χ0) is 28.3. The van der Waals surface area contributed by atoms with Crippen molar-refractivity contribution in [2.45, 2.75) is 79.4 Å². The van der Waals surface area contributed by atoms with Gasteiger partial charge in [-0.05, 0) is 101 Å². The first-order valence-electron chi connectivity index (χ1n) is 12.9. The van der Waals surface area contributed by atoms with Gasteiger partial charge in [0.1, 0.15) is 11.4 Å². The molecule has 0 fully saturated rings. The van der Waals surface area contributed by atoms with Crippen molar-refractivity contribution in [3.8, 4) is 0 Å². The molecule has 0 aromatic carbocycles. The topological polar surface area (TPSA) is 41.9 Å². The maximum absolute atomic E-state index is 14.1. The SMILES string of the molecule is C=C/C=C(F)\C=C(/C=C)C1=CC(=NC)/C(=C(\C)C(=C)CC[C@@H](C)N(CCC)C(=O)OC(C)(C)C)C(C)=C1. The summed E-state index contributed by atoms with van der Waals surface area (Å²) in [6.07, 6.45) is 11.8. The van der Waals surface area contributed by atoms with Crippen molar-refractivity contribution in [1.29, 1.82) is 0 Å². The van der Waals surface area contributed by atoms with Gasteiger partial charge >= 0.3 is 6.09 Å². The van der Waals surface area contributed by atoms with Gasteiger partial charge in [-0.25, -0.2) is 9.18 Å². The Morgan fingerprint density at radius 2 is 1.92 bits per heavy atom. The molecule has 0 bridgehead atoms. The molecular weight excluding hydrogens is 463 g/mol. The Kier molecular flexibility index (Phi) is 12.5. The van der Waals surface area contributed by atoms with Crippen molar-refractivity contribution in [2.24, 2.45) is 4.99 Å². The van der Waals surface area contributed by atoms with Crippen LogP contribution in [0.1, 0.15) is 67.7 Å². The van der Waals surface area contributed by atoms with Crippen LogP contribution in [0.15, 0.2) is 100 Å². The van der Waals surface area contributed by atoms with Crippen LogP contribution < -0.4 is 0 Å². The number of amides is 1. The molecule has 0 aromatic heterocycles. The summed E-state index contributed by atoms with van der Waals surface area (Å²) in [5.74, 6) is -0.393. The zero-order valence-electron chi connectivity index (χ0n) is 24.1. The van der Waals surface area contributed by atoms with Gasteiger partial charge in [-0.3, -0.25) is 4.99 Å². The summed E-state index contributed by atoms with van der Waals surface area (Å²) in [7, 11) is 1.75. The van der Waals surface area contributed by atoms with Gasteiger partial charge in [0, 0.05) is 25.2 Å². The van der Waals surface area contributed by atoms with E-state index < -0.39 is 11.4 Å². The summed E-state index contributed by atoms with van der Waals surface area (Å²) in [6, 6.07) is 0.0111. The zero-order valence-corrected chi connectivity index (χ0v) is 24.1. The van der Waals surface area contributed by atoms with E-state index in [4.69, 9.17) is 4.74 Å². The van der Waals surface area contributed by atoms with Crippen LogP contribution in [-0.4, -0.2) is 41.9 Å². The van der Waals surface area contributed by atoms with Crippen LogP contribution in [0, 0.1) is 0 Å². The molecule has 5 heteroatoms. The Labute approximate surface area is 224 Å². The molecule has 202 valence electrons. The highest BCUT2D eigenvalue weighted by Crippen LogP contribution is 2.32. The molecule has 0 saturated carbocycles. The van der Waals surface area contributed by atoms with E-state index in [0.717, 1.165) is 52.8 Å². The predicted octanol–water partition coefficient (Wildman–Crippen LogP) is 8.78. The van der Waals surface area contributed by atoms with Crippen molar-refractivity contribution in [3.05, 3.63) is 95.5 Å². The number of aliphatic imine (C=N–C) groups is 1. The molecule has 0 radical (unpaired) electrons. The molecule has 1 amide bonds. The minimum Gasteiger partial charge on any atom is -0.444 e. The lowest BCUT2D eigenvalue weighted by molar-refractivity contribution is 0.0169. The van der Waals surface area contributed by atoms with Gasteiger partial charge in [0.25, 0.3) is 0 Å². The van der Waals surface area contributed by atoms with E-state index in [-0.39, 0.29) is 12.1 Å². The quantitative estimate of drug-likeness (QED) is 0.262. The molecule has 0 spiro atoms.